The maximum atomic E-state index is 5.48. The van der Waals surface area contributed by atoms with Crippen LogP contribution in [0.25, 0.3) is 0 Å². The number of hydrogen-bond donors (Lipinski definition) is 1. The van der Waals surface area contributed by atoms with Crippen molar-refractivity contribution in [3.8, 4) is 0 Å². The molecule has 0 saturated heterocycles. The summed E-state index contributed by atoms with van der Waals surface area (Å²) in [5.41, 5.74) is 5.48. The summed E-state index contributed by atoms with van der Waals surface area (Å²) in [6.45, 7) is 6.75. The number of rotatable bonds is 13. The van der Waals surface area contributed by atoms with Crippen molar-refractivity contribution in [2.24, 2.45) is 5.73 Å². The number of nitrogens with zero attached hydrogens (tertiary/aromatic N) is 1. The third-order valence-electron chi connectivity index (χ3n) is 3.26. The van der Waals surface area contributed by atoms with E-state index in [1.807, 2.05) is 0 Å². The highest BCUT2D eigenvalue weighted by atomic mass is 16.5. The lowest BCUT2D eigenvalue weighted by molar-refractivity contribution is 0.0739. The third kappa shape index (κ3) is 9.83. The molecule has 0 aliphatic carbocycles. The van der Waals surface area contributed by atoms with Crippen LogP contribution >= 0.6 is 0 Å². The van der Waals surface area contributed by atoms with Crippen LogP contribution in [-0.2, 0) is 9.47 Å². The first-order chi connectivity index (χ1) is 8.76. The summed E-state index contributed by atoms with van der Waals surface area (Å²) in [5.74, 6) is 0. The molecule has 0 aromatic heterocycles. The molecule has 18 heavy (non-hydrogen) atoms. The molecule has 0 radical (unpaired) electrons. The summed E-state index contributed by atoms with van der Waals surface area (Å²) in [7, 11) is 3.52. The van der Waals surface area contributed by atoms with Gasteiger partial charge in [-0.25, -0.2) is 0 Å². The standard InChI is InChI=1S/C14H32N2O2/c1-14(13-18-3)16(11-12-17-2)10-8-6-4-5-7-9-15/h14H,4-13,15H2,1-3H3. The van der Waals surface area contributed by atoms with E-state index in [0.29, 0.717) is 6.04 Å². The van der Waals surface area contributed by atoms with Crippen LogP contribution in [0.1, 0.15) is 39.0 Å². The average Bonchev–Trinajstić information content (AvgIpc) is 2.37. The Balaban J connectivity index is 3.71. The predicted octanol–water partition coefficient (Wildman–Crippen LogP) is 1.88. The topological polar surface area (TPSA) is 47.7 Å². The van der Waals surface area contributed by atoms with Crippen LogP contribution < -0.4 is 5.73 Å². The van der Waals surface area contributed by atoms with Gasteiger partial charge in [-0.3, -0.25) is 4.90 Å². The van der Waals surface area contributed by atoms with Gasteiger partial charge in [0, 0.05) is 26.8 Å². The molecule has 4 heteroatoms. The second-order valence-electron chi connectivity index (χ2n) is 4.89. The molecule has 1 atom stereocenters. The van der Waals surface area contributed by atoms with Crippen molar-refractivity contribution in [1.82, 2.24) is 4.90 Å². The maximum Gasteiger partial charge on any atom is 0.0615 e. The Morgan fingerprint density at radius 1 is 0.944 bits per heavy atom. The first kappa shape index (κ1) is 17.8. The van der Waals surface area contributed by atoms with Gasteiger partial charge < -0.3 is 15.2 Å². The minimum absolute atomic E-state index is 0.467. The van der Waals surface area contributed by atoms with Gasteiger partial charge in [0.15, 0.2) is 0 Å². The van der Waals surface area contributed by atoms with Gasteiger partial charge in [-0.05, 0) is 32.9 Å². The Bertz CT molecular complexity index is 168. The second-order valence-corrected chi connectivity index (χ2v) is 4.89. The number of ether oxygens (including phenoxy) is 2. The Hall–Kier alpha value is -0.160. The van der Waals surface area contributed by atoms with Crippen LogP contribution in [0, 0.1) is 0 Å². The van der Waals surface area contributed by atoms with E-state index < -0.39 is 0 Å². The largest absolute Gasteiger partial charge is 0.383 e. The molecule has 2 N–H and O–H groups in total. The highest BCUT2D eigenvalue weighted by Crippen LogP contribution is 2.06. The molecule has 110 valence electrons. The van der Waals surface area contributed by atoms with Crippen molar-refractivity contribution in [1.29, 1.82) is 0 Å². The number of hydrogen-bond acceptors (Lipinski definition) is 4. The van der Waals surface area contributed by atoms with Gasteiger partial charge in [-0.2, -0.15) is 0 Å². The Morgan fingerprint density at radius 3 is 2.22 bits per heavy atom. The van der Waals surface area contributed by atoms with E-state index in [1.165, 1.54) is 25.7 Å². The van der Waals surface area contributed by atoms with Gasteiger partial charge in [-0.1, -0.05) is 19.3 Å². The van der Waals surface area contributed by atoms with Gasteiger partial charge in [0.2, 0.25) is 0 Å². The number of unbranched alkanes of at least 4 members (excludes halogenated alkanes) is 4. The monoisotopic (exact) mass is 260 g/mol. The Morgan fingerprint density at radius 2 is 1.61 bits per heavy atom. The van der Waals surface area contributed by atoms with E-state index in [2.05, 4.69) is 11.8 Å². The Kier molecular flexibility index (Phi) is 13.2. The van der Waals surface area contributed by atoms with Crippen LogP contribution in [-0.4, -0.2) is 58.0 Å². The van der Waals surface area contributed by atoms with Crippen LogP contribution in [0.4, 0.5) is 0 Å². The molecule has 0 heterocycles. The normalized spacial score (nSPS) is 13.2. The smallest absolute Gasteiger partial charge is 0.0615 e. The predicted molar refractivity (Wildman–Crippen MR) is 76.9 cm³/mol. The van der Waals surface area contributed by atoms with Crippen molar-refractivity contribution in [2.75, 3.05) is 47.1 Å². The minimum Gasteiger partial charge on any atom is -0.383 e. The lowest BCUT2D eigenvalue weighted by Gasteiger charge is -2.28. The fourth-order valence-corrected chi connectivity index (χ4v) is 2.10. The quantitative estimate of drug-likeness (QED) is 0.514. The average molecular weight is 260 g/mol. The number of nitrogens with two attached hydrogens (primary N) is 1. The van der Waals surface area contributed by atoms with Crippen molar-refractivity contribution in [3.63, 3.8) is 0 Å². The summed E-state index contributed by atoms with van der Waals surface area (Å²) in [6.07, 6.45) is 6.27. The zero-order valence-corrected chi connectivity index (χ0v) is 12.5. The summed E-state index contributed by atoms with van der Waals surface area (Å²) in [5, 5.41) is 0. The van der Waals surface area contributed by atoms with Crippen molar-refractivity contribution in [2.45, 2.75) is 45.1 Å². The molecule has 0 aliphatic heterocycles. The SMILES string of the molecule is COCCN(CCCCCCCN)C(C)COC. The highest BCUT2D eigenvalue weighted by molar-refractivity contribution is 4.66. The van der Waals surface area contributed by atoms with Gasteiger partial charge in [0.1, 0.15) is 0 Å². The molecule has 0 aromatic rings. The second kappa shape index (κ2) is 13.3. The van der Waals surface area contributed by atoms with Crippen LogP contribution in [0.3, 0.4) is 0 Å². The van der Waals surface area contributed by atoms with Gasteiger partial charge in [0.25, 0.3) is 0 Å². The summed E-state index contributed by atoms with van der Waals surface area (Å²) >= 11 is 0. The zero-order chi connectivity index (χ0) is 13.6. The summed E-state index contributed by atoms with van der Waals surface area (Å²) < 4.78 is 10.4. The summed E-state index contributed by atoms with van der Waals surface area (Å²) in [4.78, 5) is 2.45. The summed E-state index contributed by atoms with van der Waals surface area (Å²) in [6, 6.07) is 0.467. The molecule has 0 bridgehead atoms. The highest BCUT2D eigenvalue weighted by Gasteiger charge is 2.12. The van der Waals surface area contributed by atoms with E-state index in [1.54, 1.807) is 14.2 Å². The maximum absolute atomic E-state index is 5.48. The third-order valence-corrected chi connectivity index (χ3v) is 3.26. The fraction of sp³-hybridized carbons (Fsp3) is 1.00. The molecule has 4 nitrogen and oxygen atoms in total. The van der Waals surface area contributed by atoms with E-state index in [4.69, 9.17) is 15.2 Å². The van der Waals surface area contributed by atoms with Crippen LogP contribution in [0.5, 0.6) is 0 Å². The molecule has 0 aromatic carbocycles. The van der Waals surface area contributed by atoms with Gasteiger partial charge >= 0.3 is 0 Å². The van der Waals surface area contributed by atoms with Crippen LogP contribution in [0.15, 0.2) is 0 Å². The molecular formula is C14H32N2O2. The Labute approximate surface area is 113 Å². The van der Waals surface area contributed by atoms with Crippen molar-refractivity contribution >= 4 is 0 Å². The van der Waals surface area contributed by atoms with E-state index in [9.17, 15) is 0 Å². The molecule has 0 aliphatic rings. The fourth-order valence-electron chi connectivity index (χ4n) is 2.10. The van der Waals surface area contributed by atoms with Crippen molar-refractivity contribution in [3.05, 3.63) is 0 Å². The zero-order valence-electron chi connectivity index (χ0n) is 12.5. The van der Waals surface area contributed by atoms with Gasteiger partial charge in [0.05, 0.1) is 13.2 Å². The lowest BCUT2D eigenvalue weighted by atomic mass is 10.1. The molecule has 0 rings (SSSR count). The molecule has 1 unspecified atom stereocenters. The van der Waals surface area contributed by atoms with Crippen molar-refractivity contribution < 1.29 is 9.47 Å². The molecule has 0 spiro atoms. The lowest BCUT2D eigenvalue weighted by Crippen LogP contribution is -2.39. The van der Waals surface area contributed by atoms with Gasteiger partial charge in [-0.15, -0.1) is 0 Å². The minimum atomic E-state index is 0.467. The molecule has 0 fully saturated rings. The van der Waals surface area contributed by atoms with E-state index in [0.717, 1.165) is 39.3 Å². The number of methoxy groups -OCH3 is 2. The first-order valence-electron chi connectivity index (χ1n) is 7.18. The van der Waals surface area contributed by atoms with E-state index in [-0.39, 0.29) is 0 Å². The first-order valence-corrected chi connectivity index (χ1v) is 7.18. The van der Waals surface area contributed by atoms with E-state index >= 15 is 0 Å². The van der Waals surface area contributed by atoms with Crippen LogP contribution in [0.2, 0.25) is 0 Å². The molecule has 0 amide bonds. The molecule has 0 saturated carbocycles. The molecular weight excluding hydrogens is 228 g/mol.